The summed E-state index contributed by atoms with van der Waals surface area (Å²) in [6.45, 7) is 3.03. The highest BCUT2D eigenvalue weighted by Gasteiger charge is 2.50. The Bertz CT molecular complexity index is 925. The fraction of sp³-hybridized carbons (Fsp3) is 0.250. The topological polar surface area (TPSA) is 41.0 Å². The van der Waals surface area contributed by atoms with Crippen LogP contribution in [-0.2, 0) is 6.54 Å². The van der Waals surface area contributed by atoms with Crippen molar-refractivity contribution in [1.29, 1.82) is 0 Å². The second kappa shape index (κ2) is 7.66. The van der Waals surface area contributed by atoms with Crippen LogP contribution in [0.4, 0.5) is 0 Å². The smallest absolute Gasteiger partial charge is 0.115 e. The van der Waals surface area contributed by atoms with Gasteiger partial charge in [0.15, 0.2) is 0 Å². The number of rotatable bonds is 5. The Balaban J connectivity index is 1.28. The van der Waals surface area contributed by atoms with Gasteiger partial charge in [-0.3, -0.25) is 4.90 Å². The Labute approximate surface area is 166 Å². The summed E-state index contributed by atoms with van der Waals surface area (Å²) in [6.07, 6.45) is 9.80. The van der Waals surface area contributed by atoms with Gasteiger partial charge in [-0.05, 0) is 16.7 Å². The highest BCUT2D eigenvalue weighted by molar-refractivity contribution is 5.69. The maximum atomic E-state index is 4.16. The molecule has 4 heteroatoms. The molecule has 0 spiro atoms. The number of fused-ring (bicyclic) bond motifs is 2. The van der Waals surface area contributed by atoms with Gasteiger partial charge in [-0.2, -0.15) is 0 Å². The Morgan fingerprint density at radius 1 is 0.857 bits per heavy atom. The van der Waals surface area contributed by atoms with Crippen LogP contribution in [0.3, 0.4) is 0 Å². The van der Waals surface area contributed by atoms with Crippen molar-refractivity contribution >= 4 is 12.2 Å². The molecule has 2 saturated heterocycles. The van der Waals surface area contributed by atoms with Crippen molar-refractivity contribution in [3.8, 4) is 0 Å². The van der Waals surface area contributed by atoms with Gasteiger partial charge in [0.2, 0.25) is 0 Å². The van der Waals surface area contributed by atoms with Crippen LogP contribution in [-0.4, -0.2) is 40.0 Å². The van der Waals surface area contributed by atoms with Crippen LogP contribution in [0.1, 0.15) is 28.2 Å². The van der Waals surface area contributed by atoms with Gasteiger partial charge in [0.05, 0.1) is 0 Å². The molecule has 28 heavy (non-hydrogen) atoms. The van der Waals surface area contributed by atoms with Crippen molar-refractivity contribution in [2.45, 2.75) is 24.5 Å². The lowest BCUT2D eigenvalue weighted by Crippen LogP contribution is -2.72. The van der Waals surface area contributed by atoms with Gasteiger partial charge in [-0.15, -0.1) is 0 Å². The molecule has 140 valence electrons. The molecule has 2 bridgehead atoms. The summed E-state index contributed by atoms with van der Waals surface area (Å²) in [4.78, 5) is 10.9. The largest absolute Gasteiger partial charge is 0.314 e. The predicted octanol–water partition coefficient (Wildman–Crippen LogP) is 3.59. The van der Waals surface area contributed by atoms with Crippen molar-refractivity contribution in [3.63, 3.8) is 0 Å². The summed E-state index contributed by atoms with van der Waals surface area (Å²) in [5.74, 6) is 0.609. The number of aromatic nitrogens is 2. The second-order valence-corrected chi connectivity index (χ2v) is 7.65. The molecular weight excluding hydrogens is 344 g/mol. The first-order valence-corrected chi connectivity index (χ1v) is 9.92. The van der Waals surface area contributed by atoms with Crippen molar-refractivity contribution < 1.29 is 0 Å². The summed E-state index contributed by atoms with van der Waals surface area (Å²) < 4.78 is 0. The molecular formula is C24H24N4. The van der Waals surface area contributed by atoms with Gasteiger partial charge in [0.25, 0.3) is 0 Å². The van der Waals surface area contributed by atoms with E-state index < -0.39 is 0 Å². The lowest BCUT2D eigenvalue weighted by Gasteiger charge is -2.59. The normalized spacial score (nSPS) is 24.2. The van der Waals surface area contributed by atoms with Gasteiger partial charge < -0.3 is 5.32 Å². The molecule has 0 amide bonds. The third kappa shape index (κ3) is 3.37. The van der Waals surface area contributed by atoms with Crippen LogP contribution in [0.25, 0.3) is 12.2 Å². The minimum atomic E-state index is 0.546. The molecule has 3 heterocycles. The summed E-state index contributed by atoms with van der Waals surface area (Å²) in [6, 6.07) is 20.6. The molecule has 0 saturated carbocycles. The molecule has 0 aliphatic carbocycles. The second-order valence-electron chi connectivity index (χ2n) is 7.65. The van der Waals surface area contributed by atoms with Gasteiger partial charge in [-0.25, -0.2) is 9.97 Å². The fourth-order valence-corrected chi connectivity index (χ4v) is 4.57. The van der Waals surface area contributed by atoms with Crippen molar-refractivity contribution in [2.24, 2.45) is 0 Å². The standard InChI is InChI=1S/C24H24N4/c1-2-4-18(5-3-1)6-7-19-8-10-21(11-9-19)24-22-14-25-15-23(24)28(22)16-20-12-26-17-27-13-20/h1-13,17,22-25H,14-16H2/b7-6+/t22-,23+,24?. The first-order chi connectivity index (χ1) is 13.9. The van der Waals surface area contributed by atoms with E-state index in [0.717, 1.165) is 19.6 Å². The SMILES string of the molecule is C(=C\c1ccc(C2[C@H]3CNC[C@@H]2N3Cc2cncnc2)cc1)/c1ccccc1. The van der Waals surface area contributed by atoms with Crippen molar-refractivity contribution in [3.05, 3.63) is 95.6 Å². The van der Waals surface area contributed by atoms with Crippen LogP contribution < -0.4 is 5.32 Å². The van der Waals surface area contributed by atoms with Crippen molar-refractivity contribution in [1.82, 2.24) is 20.2 Å². The number of hydrogen-bond donors (Lipinski definition) is 1. The van der Waals surface area contributed by atoms with E-state index in [4.69, 9.17) is 0 Å². The Hall–Kier alpha value is -2.82. The molecule has 2 aromatic carbocycles. The lowest BCUT2D eigenvalue weighted by atomic mass is 9.72. The maximum Gasteiger partial charge on any atom is 0.115 e. The third-order valence-electron chi connectivity index (χ3n) is 5.96. The third-order valence-corrected chi connectivity index (χ3v) is 5.96. The molecule has 2 aliphatic rings. The molecule has 1 aromatic heterocycles. The van der Waals surface area contributed by atoms with E-state index in [9.17, 15) is 0 Å². The maximum absolute atomic E-state index is 4.16. The first kappa shape index (κ1) is 17.3. The van der Waals surface area contributed by atoms with E-state index in [-0.39, 0.29) is 0 Å². The van der Waals surface area contributed by atoms with E-state index in [1.54, 1.807) is 6.33 Å². The minimum absolute atomic E-state index is 0.546. The summed E-state index contributed by atoms with van der Waals surface area (Å²) in [5, 5.41) is 3.57. The predicted molar refractivity (Wildman–Crippen MR) is 113 cm³/mol. The van der Waals surface area contributed by atoms with Crippen LogP contribution in [0.2, 0.25) is 0 Å². The van der Waals surface area contributed by atoms with E-state index in [2.05, 4.69) is 80.9 Å². The molecule has 2 fully saturated rings. The summed E-state index contributed by atoms with van der Waals surface area (Å²) in [7, 11) is 0. The highest BCUT2D eigenvalue weighted by Crippen LogP contribution is 2.43. The Morgan fingerprint density at radius 3 is 2.18 bits per heavy atom. The monoisotopic (exact) mass is 368 g/mol. The summed E-state index contributed by atoms with van der Waals surface area (Å²) in [5.41, 5.74) is 5.12. The number of benzene rings is 2. The average Bonchev–Trinajstić information content (AvgIpc) is 2.78. The highest BCUT2D eigenvalue weighted by atomic mass is 15.3. The molecule has 4 nitrogen and oxygen atoms in total. The van der Waals surface area contributed by atoms with E-state index in [1.165, 1.54) is 22.3 Å². The fourth-order valence-electron chi connectivity index (χ4n) is 4.57. The molecule has 1 N–H and O–H groups in total. The number of likely N-dealkylation sites (tertiary alicyclic amines) is 1. The molecule has 0 radical (unpaired) electrons. The van der Waals surface area contributed by atoms with Gasteiger partial charge in [-0.1, -0.05) is 66.7 Å². The van der Waals surface area contributed by atoms with Gasteiger partial charge in [0.1, 0.15) is 6.33 Å². The van der Waals surface area contributed by atoms with Crippen LogP contribution in [0, 0.1) is 0 Å². The van der Waals surface area contributed by atoms with E-state index in [1.807, 2.05) is 18.5 Å². The molecule has 3 aromatic rings. The summed E-state index contributed by atoms with van der Waals surface area (Å²) >= 11 is 0. The number of piperazine rings is 1. The Morgan fingerprint density at radius 2 is 1.50 bits per heavy atom. The number of piperidine rings is 1. The molecule has 5 rings (SSSR count). The van der Waals surface area contributed by atoms with Gasteiger partial charge >= 0.3 is 0 Å². The molecule has 2 aliphatic heterocycles. The Kier molecular flexibility index (Phi) is 4.73. The molecule has 1 unspecified atom stereocenters. The zero-order valence-electron chi connectivity index (χ0n) is 15.8. The van der Waals surface area contributed by atoms with Crippen LogP contribution in [0.5, 0.6) is 0 Å². The van der Waals surface area contributed by atoms with Gasteiger partial charge in [0, 0.05) is 55.6 Å². The lowest BCUT2D eigenvalue weighted by molar-refractivity contribution is -0.0484. The number of nitrogens with zero attached hydrogens (tertiary/aromatic N) is 3. The zero-order chi connectivity index (χ0) is 18.8. The van der Waals surface area contributed by atoms with E-state index >= 15 is 0 Å². The van der Waals surface area contributed by atoms with Crippen LogP contribution in [0.15, 0.2) is 73.3 Å². The number of hydrogen-bond acceptors (Lipinski definition) is 4. The molecule has 3 atom stereocenters. The first-order valence-electron chi connectivity index (χ1n) is 9.92. The van der Waals surface area contributed by atoms with Crippen LogP contribution >= 0.6 is 0 Å². The zero-order valence-corrected chi connectivity index (χ0v) is 15.8. The number of nitrogens with one attached hydrogen (secondary N) is 1. The average molecular weight is 368 g/mol. The minimum Gasteiger partial charge on any atom is -0.314 e. The quantitative estimate of drug-likeness (QED) is 0.699. The van der Waals surface area contributed by atoms with E-state index in [0.29, 0.717) is 18.0 Å². The van der Waals surface area contributed by atoms with Crippen molar-refractivity contribution in [2.75, 3.05) is 13.1 Å².